The van der Waals surface area contributed by atoms with Crippen LogP contribution in [0.25, 0.3) is 0 Å². The highest BCUT2D eigenvalue weighted by Crippen LogP contribution is 2.28. The summed E-state index contributed by atoms with van der Waals surface area (Å²) in [6.07, 6.45) is 1.99. The van der Waals surface area contributed by atoms with Crippen LogP contribution in [0.5, 0.6) is 0 Å². The van der Waals surface area contributed by atoms with E-state index in [1.807, 2.05) is 4.90 Å². The predicted octanol–water partition coefficient (Wildman–Crippen LogP) is 1.41. The van der Waals surface area contributed by atoms with E-state index in [1.54, 1.807) is 0 Å². The third kappa shape index (κ3) is 3.23. The molecule has 0 unspecified atom stereocenters. The highest BCUT2D eigenvalue weighted by Gasteiger charge is 2.30. The predicted molar refractivity (Wildman–Crippen MR) is 59.0 cm³/mol. The summed E-state index contributed by atoms with van der Waals surface area (Å²) in [5.41, 5.74) is 5.53. The Labute approximate surface area is 98.2 Å². The number of hydrogen-bond acceptors (Lipinski definition) is 2. The van der Waals surface area contributed by atoms with Gasteiger partial charge in [-0.15, -0.1) is 0 Å². The zero-order valence-corrected chi connectivity index (χ0v) is 9.33. The van der Waals surface area contributed by atoms with Gasteiger partial charge in [-0.1, -0.05) is 6.07 Å². The van der Waals surface area contributed by atoms with E-state index in [0.29, 0.717) is 18.2 Å². The minimum atomic E-state index is -0.598. The molecule has 1 fully saturated rings. The lowest BCUT2D eigenvalue weighted by Gasteiger charge is -2.20. The molecule has 92 valence electrons. The van der Waals surface area contributed by atoms with E-state index in [2.05, 4.69) is 0 Å². The first-order valence-electron chi connectivity index (χ1n) is 5.52. The van der Waals surface area contributed by atoms with Crippen molar-refractivity contribution in [2.75, 3.05) is 6.54 Å². The quantitative estimate of drug-likeness (QED) is 0.846. The molecule has 1 aromatic carbocycles. The largest absolute Gasteiger partial charge is 0.369 e. The number of hydrogen-bond donors (Lipinski definition) is 1. The minimum absolute atomic E-state index is 0.113. The third-order valence-corrected chi connectivity index (χ3v) is 2.81. The number of carbonyl (C=O) groups is 1. The van der Waals surface area contributed by atoms with Gasteiger partial charge >= 0.3 is 0 Å². The molecule has 0 saturated heterocycles. The van der Waals surface area contributed by atoms with E-state index in [0.717, 1.165) is 18.9 Å². The fourth-order valence-corrected chi connectivity index (χ4v) is 1.82. The number of carbonyl (C=O) groups excluding carboxylic acids is 1. The number of halogens is 2. The summed E-state index contributed by atoms with van der Waals surface area (Å²) in [6.45, 7) is 0.404. The molecule has 0 radical (unpaired) electrons. The Morgan fingerprint density at radius 1 is 1.41 bits per heavy atom. The van der Waals surface area contributed by atoms with Crippen molar-refractivity contribution in [2.45, 2.75) is 25.4 Å². The van der Waals surface area contributed by atoms with E-state index in [9.17, 15) is 13.6 Å². The molecule has 2 N–H and O–H groups in total. The number of amides is 1. The molecule has 1 aliphatic rings. The molecule has 1 aliphatic carbocycles. The molecule has 1 saturated carbocycles. The summed E-state index contributed by atoms with van der Waals surface area (Å²) in [4.78, 5) is 12.7. The van der Waals surface area contributed by atoms with Crippen LogP contribution in [-0.4, -0.2) is 23.4 Å². The van der Waals surface area contributed by atoms with Crippen LogP contribution in [0.4, 0.5) is 8.78 Å². The van der Waals surface area contributed by atoms with Gasteiger partial charge < -0.3 is 5.73 Å². The van der Waals surface area contributed by atoms with E-state index in [1.165, 1.54) is 12.1 Å². The first-order valence-corrected chi connectivity index (χ1v) is 5.52. The molecule has 2 rings (SSSR count). The van der Waals surface area contributed by atoms with Crippen LogP contribution >= 0.6 is 0 Å². The maximum absolute atomic E-state index is 13.4. The average molecular weight is 240 g/mol. The maximum Gasteiger partial charge on any atom is 0.231 e. The van der Waals surface area contributed by atoms with E-state index in [-0.39, 0.29) is 6.54 Å². The molecule has 1 aromatic rings. The van der Waals surface area contributed by atoms with Crippen molar-refractivity contribution in [1.29, 1.82) is 0 Å². The van der Waals surface area contributed by atoms with Crippen LogP contribution in [0.2, 0.25) is 0 Å². The highest BCUT2D eigenvalue weighted by molar-refractivity contribution is 5.76. The molecule has 3 nitrogen and oxygen atoms in total. The molecular weight excluding hydrogens is 226 g/mol. The van der Waals surface area contributed by atoms with Crippen molar-refractivity contribution in [3.05, 3.63) is 35.4 Å². The van der Waals surface area contributed by atoms with Crippen LogP contribution in [0, 0.1) is 11.6 Å². The zero-order chi connectivity index (χ0) is 12.4. The number of rotatable bonds is 5. The first kappa shape index (κ1) is 12.0. The van der Waals surface area contributed by atoms with Crippen molar-refractivity contribution < 1.29 is 13.6 Å². The second kappa shape index (κ2) is 4.79. The lowest BCUT2D eigenvalue weighted by Crippen LogP contribution is -2.35. The number of benzene rings is 1. The van der Waals surface area contributed by atoms with Crippen LogP contribution in [-0.2, 0) is 11.3 Å². The minimum Gasteiger partial charge on any atom is -0.369 e. The maximum atomic E-state index is 13.4. The Balaban J connectivity index is 2.08. The second-order valence-corrected chi connectivity index (χ2v) is 4.34. The van der Waals surface area contributed by atoms with Crippen molar-refractivity contribution in [2.24, 2.45) is 5.73 Å². The standard InChI is InChI=1S/C12H14F2N2O/c13-9-2-1-8(11(14)5-9)6-16(7-12(15)17)10-3-4-10/h1-2,5,10H,3-4,6-7H2,(H2,15,17). The number of nitrogens with zero attached hydrogens (tertiary/aromatic N) is 1. The third-order valence-electron chi connectivity index (χ3n) is 2.81. The van der Waals surface area contributed by atoms with Gasteiger partial charge in [-0.2, -0.15) is 0 Å². The highest BCUT2D eigenvalue weighted by atomic mass is 19.1. The van der Waals surface area contributed by atoms with Crippen LogP contribution in [0.15, 0.2) is 18.2 Å². The molecule has 17 heavy (non-hydrogen) atoms. The van der Waals surface area contributed by atoms with Gasteiger partial charge in [0.25, 0.3) is 0 Å². The van der Waals surface area contributed by atoms with Crippen molar-refractivity contribution in [1.82, 2.24) is 4.90 Å². The molecule has 0 heterocycles. The summed E-state index contributed by atoms with van der Waals surface area (Å²) < 4.78 is 26.2. The Hall–Kier alpha value is -1.49. The number of primary amides is 1. The summed E-state index contributed by atoms with van der Waals surface area (Å²) in [7, 11) is 0. The second-order valence-electron chi connectivity index (χ2n) is 4.34. The van der Waals surface area contributed by atoms with Gasteiger partial charge in [-0.05, 0) is 18.9 Å². The number of nitrogens with two attached hydrogens (primary N) is 1. The molecule has 1 amide bonds. The Morgan fingerprint density at radius 2 is 2.12 bits per heavy atom. The van der Waals surface area contributed by atoms with Crippen molar-refractivity contribution in [3.63, 3.8) is 0 Å². The van der Waals surface area contributed by atoms with E-state index >= 15 is 0 Å². The van der Waals surface area contributed by atoms with Gasteiger partial charge in [0.1, 0.15) is 11.6 Å². The summed E-state index contributed by atoms with van der Waals surface area (Å²) in [5, 5.41) is 0. The lowest BCUT2D eigenvalue weighted by molar-refractivity contribution is -0.119. The summed E-state index contributed by atoms with van der Waals surface area (Å²) in [6, 6.07) is 3.77. The molecule has 0 bridgehead atoms. The smallest absolute Gasteiger partial charge is 0.231 e. The summed E-state index contributed by atoms with van der Waals surface area (Å²) in [5.74, 6) is -1.61. The first-order chi connectivity index (χ1) is 8.06. The van der Waals surface area contributed by atoms with Crippen LogP contribution < -0.4 is 5.73 Å². The van der Waals surface area contributed by atoms with E-state index < -0.39 is 17.5 Å². The van der Waals surface area contributed by atoms with Crippen molar-refractivity contribution >= 4 is 5.91 Å². The van der Waals surface area contributed by atoms with Gasteiger partial charge in [0, 0.05) is 24.2 Å². The Morgan fingerprint density at radius 3 is 2.65 bits per heavy atom. The normalized spacial score (nSPS) is 15.2. The average Bonchev–Trinajstić information content (AvgIpc) is 3.03. The molecule has 0 atom stereocenters. The molecule has 0 aromatic heterocycles. The van der Waals surface area contributed by atoms with E-state index in [4.69, 9.17) is 5.73 Å². The zero-order valence-electron chi connectivity index (χ0n) is 9.33. The lowest BCUT2D eigenvalue weighted by atomic mass is 10.2. The SMILES string of the molecule is NC(=O)CN(Cc1ccc(F)cc1F)C1CC1. The van der Waals surface area contributed by atoms with Gasteiger partial charge in [-0.25, -0.2) is 8.78 Å². The fraction of sp³-hybridized carbons (Fsp3) is 0.417. The van der Waals surface area contributed by atoms with Gasteiger partial charge in [0.15, 0.2) is 0 Å². The summed E-state index contributed by atoms with van der Waals surface area (Å²) >= 11 is 0. The Bertz CT molecular complexity index is 433. The van der Waals surface area contributed by atoms with Gasteiger partial charge in [0.05, 0.1) is 6.54 Å². The van der Waals surface area contributed by atoms with Crippen LogP contribution in [0.1, 0.15) is 18.4 Å². The van der Waals surface area contributed by atoms with Crippen molar-refractivity contribution in [3.8, 4) is 0 Å². The van der Waals surface area contributed by atoms with Gasteiger partial charge in [-0.3, -0.25) is 9.69 Å². The van der Waals surface area contributed by atoms with Crippen LogP contribution in [0.3, 0.4) is 0 Å². The Kier molecular flexibility index (Phi) is 3.38. The molecule has 5 heteroatoms. The van der Waals surface area contributed by atoms with Gasteiger partial charge in [0.2, 0.25) is 5.91 Å². The topological polar surface area (TPSA) is 46.3 Å². The molecular formula is C12H14F2N2O. The molecule has 0 aliphatic heterocycles. The molecule has 0 spiro atoms. The monoisotopic (exact) mass is 240 g/mol. The fourth-order valence-electron chi connectivity index (χ4n) is 1.82.